The molecule has 0 amide bonds. The first-order valence-corrected chi connectivity index (χ1v) is 8.43. The van der Waals surface area contributed by atoms with Crippen LogP contribution in [0.25, 0.3) is 0 Å². The minimum atomic E-state index is -0.192. The van der Waals surface area contributed by atoms with Gasteiger partial charge >= 0.3 is 0 Å². The van der Waals surface area contributed by atoms with Gasteiger partial charge in [-0.2, -0.15) is 0 Å². The van der Waals surface area contributed by atoms with Gasteiger partial charge in [-0.3, -0.25) is 4.99 Å². The van der Waals surface area contributed by atoms with Gasteiger partial charge in [-0.25, -0.2) is 4.39 Å². The molecule has 26 heavy (non-hydrogen) atoms. The van der Waals surface area contributed by atoms with Crippen LogP contribution in [0.2, 0.25) is 0 Å². The van der Waals surface area contributed by atoms with E-state index in [2.05, 4.69) is 15.6 Å². The first-order chi connectivity index (χ1) is 12.1. The van der Waals surface area contributed by atoms with E-state index in [9.17, 15) is 4.39 Å². The standard InChI is InChI=1S/C19H26FN3O2.HI/c1-14-7-8-16(12-18(14)20)15(2)23-19(21-3)22-9-5-10-24-13-17-6-4-11-25-17;/h4,6-8,11-12,15H,5,9-10,13H2,1-3H3,(H2,21,22,23);1H. The predicted molar refractivity (Wildman–Crippen MR) is 112 cm³/mol. The lowest BCUT2D eigenvalue weighted by Crippen LogP contribution is -2.39. The molecule has 1 aromatic carbocycles. The zero-order valence-electron chi connectivity index (χ0n) is 15.4. The Morgan fingerprint density at radius 1 is 1.35 bits per heavy atom. The molecular formula is C19H27FIN3O2. The fourth-order valence-corrected chi connectivity index (χ4v) is 2.31. The summed E-state index contributed by atoms with van der Waals surface area (Å²) in [5.41, 5.74) is 1.53. The maximum absolute atomic E-state index is 13.7. The number of ether oxygens (including phenoxy) is 1. The summed E-state index contributed by atoms with van der Waals surface area (Å²) in [6.07, 6.45) is 2.48. The Labute approximate surface area is 171 Å². The average molecular weight is 475 g/mol. The van der Waals surface area contributed by atoms with Crippen molar-refractivity contribution < 1.29 is 13.5 Å². The van der Waals surface area contributed by atoms with Gasteiger partial charge in [0.25, 0.3) is 0 Å². The third-order valence-corrected chi connectivity index (χ3v) is 3.86. The zero-order chi connectivity index (χ0) is 18.1. The molecule has 144 valence electrons. The molecule has 0 aliphatic carbocycles. The molecule has 7 heteroatoms. The van der Waals surface area contributed by atoms with Gasteiger partial charge in [0.2, 0.25) is 0 Å². The van der Waals surface area contributed by atoms with Gasteiger partial charge in [0.15, 0.2) is 5.96 Å². The molecule has 0 aliphatic heterocycles. The van der Waals surface area contributed by atoms with E-state index in [0.717, 1.165) is 24.3 Å². The Bertz CT molecular complexity index is 677. The molecule has 1 atom stereocenters. The lowest BCUT2D eigenvalue weighted by atomic mass is 10.1. The molecule has 0 fully saturated rings. The molecule has 2 N–H and O–H groups in total. The lowest BCUT2D eigenvalue weighted by molar-refractivity contribution is 0.105. The van der Waals surface area contributed by atoms with Crippen molar-refractivity contribution in [3.63, 3.8) is 0 Å². The lowest BCUT2D eigenvalue weighted by Gasteiger charge is -2.18. The van der Waals surface area contributed by atoms with Gasteiger partial charge in [0, 0.05) is 20.2 Å². The Balaban J connectivity index is 0.00000338. The highest BCUT2D eigenvalue weighted by atomic mass is 127. The van der Waals surface area contributed by atoms with E-state index < -0.39 is 0 Å². The first-order valence-electron chi connectivity index (χ1n) is 8.43. The van der Waals surface area contributed by atoms with Gasteiger partial charge < -0.3 is 19.8 Å². The average Bonchev–Trinajstić information content (AvgIpc) is 3.12. The van der Waals surface area contributed by atoms with E-state index in [4.69, 9.17) is 9.15 Å². The molecule has 0 radical (unpaired) electrons. The molecule has 2 aromatic rings. The van der Waals surface area contributed by atoms with Crippen molar-refractivity contribution in [1.82, 2.24) is 10.6 Å². The Morgan fingerprint density at radius 3 is 2.81 bits per heavy atom. The molecule has 1 heterocycles. The van der Waals surface area contributed by atoms with Crippen LogP contribution >= 0.6 is 24.0 Å². The second-order valence-corrected chi connectivity index (χ2v) is 5.86. The van der Waals surface area contributed by atoms with Crippen LogP contribution in [0.3, 0.4) is 0 Å². The fourth-order valence-electron chi connectivity index (χ4n) is 2.31. The number of halogens is 2. The van der Waals surface area contributed by atoms with Crippen molar-refractivity contribution >= 4 is 29.9 Å². The van der Waals surface area contributed by atoms with E-state index in [1.165, 1.54) is 0 Å². The highest BCUT2D eigenvalue weighted by molar-refractivity contribution is 14.0. The minimum Gasteiger partial charge on any atom is -0.467 e. The number of nitrogens with zero attached hydrogens (tertiary/aromatic N) is 1. The predicted octanol–water partition coefficient (Wildman–Crippen LogP) is 4.18. The number of aliphatic imine (C=N–C) groups is 1. The monoisotopic (exact) mass is 475 g/mol. The van der Waals surface area contributed by atoms with Gasteiger partial charge in [-0.1, -0.05) is 12.1 Å². The Hall–Kier alpha value is -1.61. The number of hydrogen-bond acceptors (Lipinski definition) is 3. The van der Waals surface area contributed by atoms with Crippen LogP contribution < -0.4 is 10.6 Å². The second kappa shape index (κ2) is 11.9. The van der Waals surface area contributed by atoms with Crippen LogP contribution in [-0.2, 0) is 11.3 Å². The van der Waals surface area contributed by atoms with E-state index in [-0.39, 0.29) is 35.8 Å². The maximum atomic E-state index is 13.7. The number of aryl methyl sites for hydroxylation is 1. The van der Waals surface area contributed by atoms with Crippen LogP contribution in [0.15, 0.2) is 46.0 Å². The summed E-state index contributed by atoms with van der Waals surface area (Å²) in [5, 5.41) is 6.49. The SMILES string of the molecule is CN=C(NCCCOCc1ccco1)NC(C)c1ccc(C)c(F)c1.I. The van der Waals surface area contributed by atoms with Crippen molar-refractivity contribution in [2.45, 2.75) is 32.9 Å². The molecule has 1 aromatic heterocycles. The van der Waals surface area contributed by atoms with Crippen molar-refractivity contribution in [1.29, 1.82) is 0 Å². The topological polar surface area (TPSA) is 58.8 Å². The highest BCUT2D eigenvalue weighted by Crippen LogP contribution is 2.16. The van der Waals surface area contributed by atoms with E-state index in [1.54, 1.807) is 32.4 Å². The molecule has 0 aliphatic rings. The number of hydrogen-bond donors (Lipinski definition) is 2. The van der Waals surface area contributed by atoms with E-state index in [0.29, 0.717) is 24.7 Å². The summed E-state index contributed by atoms with van der Waals surface area (Å²) in [6.45, 7) is 5.57. The Kier molecular flexibility index (Phi) is 10.3. The Morgan fingerprint density at radius 2 is 2.15 bits per heavy atom. The van der Waals surface area contributed by atoms with Gasteiger partial charge in [0.05, 0.1) is 12.3 Å². The summed E-state index contributed by atoms with van der Waals surface area (Å²) >= 11 is 0. The zero-order valence-corrected chi connectivity index (χ0v) is 17.8. The van der Waals surface area contributed by atoms with Crippen LogP contribution in [0.5, 0.6) is 0 Å². The third-order valence-electron chi connectivity index (χ3n) is 3.86. The number of benzene rings is 1. The largest absolute Gasteiger partial charge is 0.467 e. The summed E-state index contributed by atoms with van der Waals surface area (Å²) in [4.78, 5) is 4.20. The molecule has 5 nitrogen and oxygen atoms in total. The molecule has 1 unspecified atom stereocenters. The van der Waals surface area contributed by atoms with Crippen LogP contribution in [0.1, 0.15) is 36.3 Å². The van der Waals surface area contributed by atoms with Gasteiger partial charge in [-0.05, 0) is 49.6 Å². The van der Waals surface area contributed by atoms with Crippen molar-refractivity contribution in [2.24, 2.45) is 4.99 Å². The van der Waals surface area contributed by atoms with Crippen LogP contribution in [0, 0.1) is 12.7 Å². The number of guanidine groups is 1. The minimum absolute atomic E-state index is 0. The molecule has 0 saturated heterocycles. The van der Waals surface area contributed by atoms with Gasteiger partial charge in [-0.15, -0.1) is 24.0 Å². The van der Waals surface area contributed by atoms with Crippen molar-refractivity contribution in [3.8, 4) is 0 Å². The summed E-state index contributed by atoms with van der Waals surface area (Å²) in [7, 11) is 1.71. The summed E-state index contributed by atoms with van der Waals surface area (Å²) < 4.78 is 24.4. The second-order valence-electron chi connectivity index (χ2n) is 5.86. The molecular weight excluding hydrogens is 448 g/mol. The fraction of sp³-hybridized carbons (Fsp3) is 0.421. The normalized spacial score (nSPS) is 12.4. The molecule has 0 spiro atoms. The third kappa shape index (κ3) is 7.33. The summed E-state index contributed by atoms with van der Waals surface area (Å²) in [5.74, 6) is 1.31. The molecule has 0 saturated carbocycles. The van der Waals surface area contributed by atoms with Crippen LogP contribution in [-0.4, -0.2) is 26.2 Å². The maximum Gasteiger partial charge on any atom is 0.191 e. The first kappa shape index (κ1) is 22.4. The van der Waals surface area contributed by atoms with E-state index in [1.807, 2.05) is 25.1 Å². The molecule has 2 rings (SSSR count). The number of nitrogens with one attached hydrogen (secondary N) is 2. The van der Waals surface area contributed by atoms with Crippen LogP contribution in [0.4, 0.5) is 4.39 Å². The van der Waals surface area contributed by atoms with Crippen molar-refractivity contribution in [3.05, 3.63) is 59.3 Å². The van der Waals surface area contributed by atoms with Crippen molar-refractivity contribution in [2.75, 3.05) is 20.2 Å². The van der Waals surface area contributed by atoms with Gasteiger partial charge in [0.1, 0.15) is 18.2 Å². The highest BCUT2D eigenvalue weighted by Gasteiger charge is 2.09. The van der Waals surface area contributed by atoms with E-state index >= 15 is 0 Å². The number of furan rings is 1. The smallest absolute Gasteiger partial charge is 0.191 e. The quantitative estimate of drug-likeness (QED) is 0.261. The molecule has 0 bridgehead atoms. The summed E-state index contributed by atoms with van der Waals surface area (Å²) in [6, 6.07) is 8.96. The number of rotatable bonds is 8.